The summed E-state index contributed by atoms with van der Waals surface area (Å²) in [5.41, 5.74) is 13.4. The van der Waals surface area contributed by atoms with Crippen LogP contribution in [0.4, 0.5) is 24.7 Å². The van der Waals surface area contributed by atoms with Crippen LogP contribution in [0.15, 0.2) is 41.2 Å². The van der Waals surface area contributed by atoms with Gasteiger partial charge >= 0.3 is 6.18 Å². The first-order valence-electron chi connectivity index (χ1n) is 9.44. The highest BCUT2D eigenvalue weighted by molar-refractivity contribution is 6.14. The van der Waals surface area contributed by atoms with Gasteiger partial charge in [-0.05, 0) is 48.9 Å². The van der Waals surface area contributed by atoms with Crippen LogP contribution in [0.5, 0.6) is 0 Å². The van der Waals surface area contributed by atoms with E-state index >= 15 is 0 Å². The van der Waals surface area contributed by atoms with Crippen molar-refractivity contribution in [3.63, 3.8) is 0 Å². The fraction of sp³-hybridized carbons (Fsp3) is 0.350. The quantitative estimate of drug-likeness (QED) is 0.593. The van der Waals surface area contributed by atoms with E-state index in [1.807, 2.05) is 0 Å². The number of furan rings is 1. The Labute approximate surface area is 169 Å². The van der Waals surface area contributed by atoms with Crippen molar-refractivity contribution in [2.45, 2.75) is 37.4 Å². The molecule has 1 saturated carbocycles. The monoisotopic (exact) mass is 419 g/mol. The molecule has 30 heavy (non-hydrogen) atoms. The molecule has 3 aromatic heterocycles. The molecule has 0 unspecified atom stereocenters. The minimum absolute atomic E-state index is 0.0638. The van der Waals surface area contributed by atoms with Crippen LogP contribution >= 0.6 is 0 Å². The molecule has 0 bridgehead atoms. The normalized spacial score (nSPS) is 22.2. The zero-order valence-corrected chi connectivity index (χ0v) is 15.8. The highest BCUT2D eigenvalue weighted by Crippen LogP contribution is 2.44. The predicted octanol–water partition coefficient (Wildman–Crippen LogP) is 3.83. The van der Waals surface area contributed by atoms with Gasteiger partial charge in [-0.2, -0.15) is 13.2 Å². The van der Waals surface area contributed by atoms with E-state index in [9.17, 15) is 18.0 Å². The summed E-state index contributed by atoms with van der Waals surface area (Å²) in [4.78, 5) is 21.0. The van der Waals surface area contributed by atoms with Crippen molar-refractivity contribution in [1.29, 1.82) is 0 Å². The molecule has 0 spiro atoms. The van der Waals surface area contributed by atoms with Gasteiger partial charge in [0.2, 0.25) is 5.88 Å². The van der Waals surface area contributed by atoms with Crippen molar-refractivity contribution in [3.8, 4) is 0 Å². The molecule has 5 N–H and O–H groups in total. The largest absolute Gasteiger partial charge is 0.438 e. The van der Waals surface area contributed by atoms with Gasteiger partial charge in [0.1, 0.15) is 11.1 Å². The number of hydrogen-bond donors (Lipinski definition) is 3. The van der Waals surface area contributed by atoms with E-state index < -0.39 is 30.0 Å². The van der Waals surface area contributed by atoms with E-state index in [1.165, 1.54) is 18.6 Å². The molecule has 0 aromatic carbocycles. The van der Waals surface area contributed by atoms with Crippen molar-refractivity contribution in [2.75, 3.05) is 11.1 Å². The lowest BCUT2D eigenvalue weighted by molar-refractivity contribution is -0.184. The minimum atomic E-state index is -4.32. The van der Waals surface area contributed by atoms with E-state index in [1.54, 1.807) is 18.2 Å². The van der Waals surface area contributed by atoms with Gasteiger partial charge < -0.3 is 21.2 Å². The van der Waals surface area contributed by atoms with Gasteiger partial charge in [0, 0.05) is 18.4 Å². The lowest BCUT2D eigenvalue weighted by atomic mass is 9.75. The van der Waals surface area contributed by atoms with Crippen LogP contribution in [-0.2, 0) is 0 Å². The molecule has 0 aliphatic heterocycles. The summed E-state index contributed by atoms with van der Waals surface area (Å²) >= 11 is 0. The summed E-state index contributed by atoms with van der Waals surface area (Å²) < 4.78 is 45.3. The lowest BCUT2D eigenvalue weighted by Crippen LogP contribution is -2.38. The molecule has 1 aliphatic rings. The molecule has 3 heterocycles. The van der Waals surface area contributed by atoms with E-state index in [4.69, 9.17) is 15.9 Å². The van der Waals surface area contributed by atoms with Crippen LogP contribution < -0.4 is 16.8 Å². The third-order valence-corrected chi connectivity index (χ3v) is 5.45. The van der Waals surface area contributed by atoms with Crippen molar-refractivity contribution in [1.82, 2.24) is 9.97 Å². The first kappa shape index (κ1) is 20.1. The molecule has 1 amide bonds. The number of pyridine rings is 2. The number of nitrogen functional groups attached to an aromatic ring is 1. The van der Waals surface area contributed by atoms with Crippen LogP contribution in [0.2, 0.25) is 0 Å². The highest BCUT2D eigenvalue weighted by atomic mass is 19.4. The second-order valence-corrected chi connectivity index (χ2v) is 7.51. The number of hydrogen-bond acceptors (Lipinski definition) is 6. The predicted molar refractivity (Wildman–Crippen MR) is 105 cm³/mol. The molecular formula is C20H20F3N5O2. The van der Waals surface area contributed by atoms with E-state index in [0.29, 0.717) is 28.8 Å². The maximum Gasteiger partial charge on any atom is 0.391 e. The standard InChI is InChI=1S/C20H20F3N5O2/c21-20(22,23)11-6-10(7-12(24)8-11)13-3-5-26-9-14(13)28-19(29)16-17-15(30-18(16)25)2-1-4-27-17/h1-5,9-12H,6-8,24-25H2,(H,28,29)/t10-,11+,12-/m0/s1. The van der Waals surface area contributed by atoms with Gasteiger partial charge in [0.05, 0.1) is 17.8 Å². The maximum atomic E-state index is 13.3. The number of rotatable bonds is 3. The summed E-state index contributed by atoms with van der Waals surface area (Å²) in [6.07, 6.45) is 0.266. The molecule has 0 saturated heterocycles. The van der Waals surface area contributed by atoms with Crippen LogP contribution in [0.1, 0.15) is 41.1 Å². The molecule has 1 aliphatic carbocycles. The maximum absolute atomic E-state index is 13.3. The number of anilines is 2. The molecule has 1 fully saturated rings. The number of nitrogens with two attached hydrogens (primary N) is 2. The third kappa shape index (κ3) is 3.82. The topological polar surface area (TPSA) is 120 Å². The van der Waals surface area contributed by atoms with Crippen LogP contribution in [0, 0.1) is 5.92 Å². The Kier molecular flexibility index (Phi) is 5.10. The minimum Gasteiger partial charge on any atom is -0.438 e. The van der Waals surface area contributed by atoms with Crippen molar-refractivity contribution in [3.05, 3.63) is 47.9 Å². The first-order valence-corrected chi connectivity index (χ1v) is 9.44. The Balaban J connectivity index is 1.64. The molecule has 0 radical (unpaired) electrons. The molecule has 7 nitrogen and oxygen atoms in total. The number of amides is 1. The molecule has 3 aromatic rings. The van der Waals surface area contributed by atoms with Gasteiger partial charge in [0.25, 0.3) is 5.91 Å². The second kappa shape index (κ2) is 7.60. The second-order valence-electron chi connectivity index (χ2n) is 7.51. The number of fused-ring (bicyclic) bond motifs is 1. The Bertz CT molecular complexity index is 1080. The zero-order valence-electron chi connectivity index (χ0n) is 15.8. The molecule has 4 rings (SSSR count). The fourth-order valence-corrected chi connectivity index (χ4v) is 4.10. The summed E-state index contributed by atoms with van der Waals surface area (Å²) in [6.45, 7) is 0. The number of carbonyl (C=O) groups excluding carboxylic acids is 1. The summed E-state index contributed by atoms with van der Waals surface area (Å²) in [5, 5.41) is 2.71. The average Bonchev–Trinajstić information content (AvgIpc) is 3.03. The lowest BCUT2D eigenvalue weighted by Gasteiger charge is -2.35. The molecule has 3 atom stereocenters. The molecule has 158 valence electrons. The van der Waals surface area contributed by atoms with Crippen LogP contribution in [0.25, 0.3) is 11.1 Å². The number of aromatic nitrogens is 2. The van der Waals surface area contributed by atoms with Crippen molar-refractivity contribution < 1.29 is 22.4 Å². The smallest absolute Gasteiger partial charge is 0.391 e. The van der Waals surface area contributed by atoms with Gasteiger partial charge in [-0.3, -0.25) is 14.8 Å². The van der Waals surface area contributed by atoms with Gasteiger partial charge in [-0.25, -0.2) is 0 Å². The summed E-state index contributed by atoms with van der Waals surface area (Å²) in [5.74, 6) is -2.62. The SMILES string of the molecule is Nc1oc2cccnc2c1C(=O)Nc1cnccc1[C@@H]1C[C@H](N)C[C@H](C(F)(F)F)C1. The Morgan fingerprint density at radius 1 is 1.20 bits per heavy atom. The van der Waals surface area contributed by atoms with E-state index in [2.05, 4.69) is 15.3 Å². The Morgan fingerprint density at radius 2 is 2.00 bits per heavy atom. The van der Waals surface area contributed by atoms with Crippen LogP contribution in [-0.4, -0.2) is 28.1 Å². The van der Waals surface area contributed by atoms with E-state index in [0.717, 1.165) is 0 Å². The summed E-state index contributed by atoms with van der Waals surface area (Å²) in [7, 11) is 0. The third-order valence-electron chi connectivity index (χ3n) is 5.45. The summed E-state index contributed by atoms with van der Waals surface area (Å²) in [6, 6.07) is 4.31. The number of carbonyl (C=O) groups is 1. The first-order chi connectivity index (χ1) is 14.2. The van der Waals surface area contributed by atoms with Gasteiger partial charge in [-0.15, -0.1) is 0 Å². The van der Waals surface area contributed by atoms with Crippen molar-refractivity contribution in [2.24, 2.45) is 11.7 Å². The fourth-order valence-electron chi connectivity index (χ4n) is 4.10. The van der Waals surface area contributed by atoms with Crippen LogP contribution in [0.3, 0.4) is 0 Å². The Hall–Kier alpha value is -3.14. The molecular weight excluding hydrogens is 399 g/mol. The average molecular weight is 419 g/mol. The van der Waals surface area contributed by atoms with E-state index in [-0.39, 0.29) is 24.3 Å². The van der Waals surface area contributed by atoms with Gasteiger partial charge in [-0.1, -0.05) is 0 Å². The number of alkyl halides is 3. The highest BCUT2D eigenvalue weighted by Gasteiger charge is 2.44. The molecule has 10 heteroatoms. The van der Waals surface area contributed by atoms with Gasteiger partial charge in [0.15, 0.2) is 5.58 Å². The number of nitrogens with one attached hydrogen (secondary N) is 1. The zero-order chi connectivity index (χ0) is 21.5. The Morgan fingerprint density at radius 3 is 2.77 bits per heavy atom. The van der Waals surface area contributed by atoms with Crippen molar-refractivity contribution >= 4 is 28.6 Å². The number of nitrogens with zero attached hydrogens (tertiary/aromatic N) is 2. The number of halogens is 3.